The van der Waals surface area contributed by atoms with Crippen molar-refractivity contribution in [3.8, 4) is 0 Å². The third-order valence-corrected chi connectivity index (χ3v) is 5.57. The molecule has 1 fully saturated rings. The van der Waals surface area contributed by atoms with Crippen molar-refractivity contribution in [1.29, 1.82) is 0 Å². The molecule has 0 aromatic carbocycles. The Morgan fingerprint density at radius 2 is 1.96 bits per heavy atom. The van der Waals surface area contributed by atoms with Gasteiger partial charge in [-0.25, -0.2) is 15.0 Å². The quantitative estimate of drug-likeness (QED) is 0.737. The number of imidazole rings is 1. The van der Waals surface area contributed by atoms with Gasteiger partial charge in [0.15, 0.2) is 5.82 Å². The number of H-pyrrole nitrogens is 1. The molecule has 9 nitrogen and oxygen atoms in total. The molecule has 1 atom stereocenters. The molecule has 1 N–H and O–H groups in total. The van der Waals surface area contributed by atoms with Crippen molar-refractivity contribution in [3.05, 3.63) is 47.8 Å². The summed E-state index contributed by atoms with van der Waals surface area (Å²) in [5.41, 5.74) is 2.16. The maximum atomic E-state index is 5.54. The SMILES string of the molecule is Cc1cnc(N2Cc3nnc(C4CCOCC4)n3[C@H](Cc3cnc[nH]3)C2)nc1. The number of nitrogens with one attached hydrogen (secondary N) is 1. The third-order valence-electron chi connectivity index (χ3n) is 5.57. The average Bonchev–Trinajstić information content (AvgIpc) is 3.39. The molecule has 0 bridgehead atoms. The van der Waals surface area contributed by atoms with Crippen molar-refractivity contribution >= 4 is 5.95 Å². The van der Waals surface area contributed by atoms with Gasteiger partial charge in [0, 0.05) is 56.4 Å². The summed E-state index contributed by atoms with van der Waals surface area (Å²) in [5, 5.41) is 9.16. The second-order valence-corrected chi connectivity index (χ2v) is 7.61. The highest BCUT2D eigenvalue weighted by atomic mass is 16.5. The van der Waals surface area contributed by atoms with Crippen LogP contribution in [0.3, 0.4) is 0 Å². The fourth-order valence-corrected chi connectivity index (χ4v) is 4.16. The molecule has 2 aliphatic rings. The molecule has 28 heavy (non-hydrogen) atoms. The van der Waals surface area contributed by atoms with Crippen LogP contribution in [0.1, 0.15) is 47.7 Å². The number of rotatable bonds is 4. The minimum Gasteiger partial charge on any atom is -0.381 e. The van der Waals surface area contributed by atoms with Crippen molar-refractivity contribution in [2.24, 2.45) is 0 Å². The number of aromatic amines is 1. The van der Waals surface area contributed by atoms with Gasteiger partial charge in [0.05, 0.1) is 18.9 Å². The zero-order valence-electron chi connectivity index (χ0n) is 16.0. The topological polar surface area (TPSA) is 97.6 Å². The van der Waals surface area contributed by atoms with Crippen LogP contribution in [0.25, 0.3) is 0 Å². The zero-order chi connectivity index (χ0) is 18.9. The molecule has 0 unspecified atom stereocenters. The van der Waals surface area contributed by atoms with E-state index in [4.69, 9.17) is 4.74 Å². The smallest absolute Gasteiger partial charge is 0.225 e. The Bertz CT molecular complexity index is 914. The first-order valence-corrected chi connectivity index (χ1v) is 9.80. The Balaban J connectivity index is 1.49. The maximum Gasteiger partial charge on any atom is 0.225 e. The van der Waals surface area contributed by atoms with Crippen LogP contribution in [0.2, 0.25) is 0 Å². The molecule has 3 aromatic rings. The number of nitrogens with zero attached hydrogens (tertiary/aromatic N) is 7. The molecule has 9 heteroatoms. The molecule has 0 radical (unpaired) electrons. The van der Waals surface area contributed by atoms with Crippen molar-refractivity contribution in [2.75, 3.05) is 24.7 Å². The van der Waals surface area contributed by atoms with Gasteiger partial charge in [0.2, 0.25) is 5.95 Å². The number of aromatic nitrogens is 7. The zero-order valence-corrected chi connectivity index (χ0v) is 16.0. The molecule has 0 amide bonds. The molecule has 2 aliphatic heterocycles. The monoisotopic (exact) mass is 380 g/mol. The molecule has 0 spiro atoms. The van der Waals surface area contributed by atoms with Crippen LogP contribution in [0.15, 0.2) is 24.9 Å². The van der Waals surface area contributed by atoms with Gasteiger partial charge < -0.3 is 19.2 Å². The van der Waals surface area contributed by atoms with Crippen molar-refractivity contribution in [3.63, 3.8) is 0 Å². The van der Waals surface area contributed by atoms with E-state index in [0.717, 1.165) is 67.9 Å². The lowest BCUT2D eigenvalue weighted by molar-refractivity contribution is 0.0822. The standard InChI is InChI=1S/C19H24N8O/c1-13-7-21-19(22-8-13)26-10-16(6-15-9-20-12-23-15)27-17(11-26)24-25-18(27)14-2-4-28-5-3-14/h7-9,12,14,16H,2-6,10-11H2,1H3,(H,20,23)/t16-/m1/s1. The summed E-state index contributed by atoms with van der Waals surface area (Å²) in [7, 11) is 0. The lowest BCUT2D eigenvalue weighted by Crippen LogP contribution is -2.40. The number of aryl methyl sites for hydroxylation is 1. The summed E-state index contributed by atoms with van der Waals surface area (Å²) < 4.78 is 7.89. The van der Waals surface area contributed by atoms with Crippen LogP contribution in [-0.2, 0) is 17.7 Å². The minimum absolute atomic E-state index is 0.196. The Hall–Kier alpha value is -2.81. The van der Waals surface area contributed by atoms with E-state index >= 15 is 0 Å². The predicted molar refractivity (Wildman–Crippen MR) is 102 cm³/mol. The van der Waals surface area contributed by atoms with Crippen molar-refractivity contribution in [2.45, 2.75) is 44.7 Å². The predicted octanol–water partition coefficient (Wildman–Crippen LogP) is 1.80. The number of anilines is 1. The Morgan fingerprint density at radius 3 is 2.71 bits per heavy atom. The largest absolute Gasteiger partial charge is 0.381 e. The third kappa shape index (κ3) is 3.26. The van der Waals surface area contributed by atoms with E-state index in [2.05, 4.69) is 39.6 Å². The summed E-state index contributed by atoms with van der Waals surface area (Å²) >= 11 is 0. The van der Waals surface area contributed by atoms with Crippen LogP contribution in [0.5, 0.6) is 0 Å². The summed E-state index contributed by atoms with van der Waals surface area (Å²) in [4.78, 5) is 18.7. The lowest BCUT2D eigenvalue weighted by Gasteiger charge is -2.35. The second-order valence-electron chi connectivity index (χ2n) is 7.61. The molecule has 5 rings (SSSR count). The van der Waals surface area contributed by atoms with E-state index in [0.29, 0.717) is 12.5 Å². The van der Waals surface area contributed by atoms with Crippen molar-refractivity contribution in [1.82, 2.24) is 34.7 Å². The van der Waals surface area contributed by atoms with Gasteiger partial charge >= 0.3 is 0 Å². The number of hydrogen-bond acceptors (Lipinski definition) is 7. The van der Waals surface area contributed by atoms with E-state index < -0.39 is 0 Å². The van der Waals surface area contributed by atoms with Gasteiger partial charge in [-0.1, -0.05) is 0 Å². The van der Waals surface area contributed by atoms with E-state index in [1.165, 1.54) is 0 Å². The highest BCUT2D eigenvalue weighted by molar-refractivity contribution is 5.33. The first-order valence-electron chi connectivity index (χ1n) is 9.80. The van der Waals surface area contributed by atoms with E-state index in [-0.39, 0.29) is 6.04 Å². The molecule has 5 heterocycles. The summed E-state index contributed by atoms with van der Waals surface area (Å²) in [6.07, 6.45) is 10.2. The molecular weight excluding hydrogens is 356 g/mol. The van der Waals surface area contributed by atoms with Gasteiger partial charge in [0.25, 0.3) is 0 Å². The lowest BCUT2D eigenvalue weighted by atomic mass is 9.98. The van der Waals surface area contributed by atoms with Crippen LogP contribution in [0.4, 0.5) is 5.95 Å². The first kappa shape index (κ1) is 17.3. The van der Waals surface area contributed by atoms with Gasteiger partial charge in [-0.15, -0.1) is 10.2 Å². The van der Waals surface area contributed by atoms with Crippen LogP contribution in [0, 0.1) is 6.92 Å². The van der Waals surface area contributed by atoms with Crippen molar-refractivity contribution < 1.29 is 4.74 Å². The average molecular weight is 380 g/mol. The molecule has 3 aromatic heterocycles. The van der Waals surface area contributed by atoms with Gasteiger partial charge in [-0.2, -0.15) is 0 Å². The highest BCUT2D eigenvalue weighted by Crippen LogP contribution is 2.33. The Morgan fingerprint density at radius 1 is 1.14 bits per heavy atom. The van der Waals surface area contributed by atoms with Gasteiger partial charge in [-0.3, -0.25) is 0 Å². The van der Waals surface area contributed by atoms with E-state index in [1.54, 1.807) is 6.33 Å². The van der Waals surface area contributed by atoms with E-state index in [1.807, 2.05) is 25.5 Å². The first-order chi connectivity index (χ1) is 13.8. The Kier molecular flexibility index (Phi) is 4.52. The highest BCUT2D eigenvalue weighted by Gasteiger charge is 2.33. The minimum atomic E-state index is 0.196. The molecule has 0 aliphatic carbocycles. The molecule has 1 saturated heterocycles. The van der Waals surface area contributed by atoms with Crippen LogP contribution < -0.4 is 4.90 Å². The summed E-state index contributed by atoms with van der Waals surface area (Å²) in [6, 6.07) is 0.196. The number of hydrogen-bond donors (Lipinski definition) is 1. The molecule has 0 saturated carbocycles. The Labute approximate surface area is 163 Å². The van der Waals surface area contributed by atoms with Gasteiger partial charge in [0.1, 0.15) is 5.82 Å². The number of ether oxygens (including phenoxy) is 1. The fourth-order valence-electron chi connectivity index (χ4n) is 4.16. The summed E-state index contributed by atoms with van der Waals surface area (Å²) in [6.45, 7) is 5.06. The normalized spacial score (nSPS) is 20.3. The fraction of sp³-hybridized carbons (Fsp3) is 0.526. The van der Waals surface area contributed by atoms with Crippen LogP contribution in [-0.4, -0.2) is 54.5 Å². The second kappa shape index (κ2) is 7.31. The van der Waals surface area contributed by atoms with Crippen LogP contribution >= 0.6 is 0 Å². The molecular formula is C19H24N8O. The maximum absolute atomic E-state index is 5.54. The summed E-state index contributed by atoms with van der Waals surface area (Å²) in [5.74, 6) is 3.21. The molecule has 146 valence electrons. The van der Waals surface area contributed by atoms with Gasteiger partial charge in [-0.05, 0) is 25.3 Å². The number of fused-ring (bicyclic) bond motifs is 1. The van der Waals surface area contributed by atoms with E-state index in [9.17, 15) is 0 Å².